The van der Waals surface area contributed by atoms with E-state index in [1.54, 1.807) is 31.3 Å². The Bertz CT molecular complexity index is 1140. The van der Waals surface area contributed by atoms with Gasteiger partial charge in [0.1, 0.15) is 11.3 Å². The molecule has 0 unspecified atom stereocenters. The van der Waals surface area contributed by atoms with Crippen LogP contribution in [0.15, 0.2) is 39.8 Å². The molecule has 0 saturated heterocycles. The zero-order valence-electron chi connectivity index (χ0n) is 13.3. The minimum Gasteiger partial charge on any atom is -0.495 e. The molecule has 0 atom stereocenters. The van der Waals surface area contributed by atoms with Crippen LogP contribution in [0.2, 0.25) is 5.02 Å². The van der Waals surface area contributed by atoms with Crippen molar-refractivity contribution in [1.29, 1.82) is 0 Å². The number of nitrogens with one attached hydrogen (secondary N) is 1. The molecule has 4 aromatic rings. The number of benzene rings is 1. The largest absolute Gasteiger partial charge is 0.495 e. The van der Waals surface area contributed by atoms with Crippen molar-refractivity contribution < 1.29 is 9.26 Å². The van der Waals surface area contributed by atoms with Crippen molar-refractivity contribution in [2.24, 2.45) is 0 Å². The van der Waals surface area contributed by atoms with E-state index in [1.807, 2.05) is 0 Å². The summed E-state index contributed by atoms with van der Waals surface area (Å²) in [5.74, 6) is 1.28. The molecule has 4 rings (SSSR count). The predicted octanol–water partition coefficient (Wildman–Crippen LogP) is 2.71. The van der Waals surface area contributed by atoms with Gasteiger partial charge in [-0.3, -0.25) is 9.89 Å². The van der Waals surface area contributed by atoms with Gasteiger partial charge in [0.2, 0.25) is 0 Å². The molecule has 0 aliphatic heterocycles. The van der Waals surface area contributed by atoms with E-state index >= 15 is 0 Å². The van der Waals surface area contributed by atoms with Gasteiger partial charge in [0.25, 0.3) is 11.4 Å². The number of ether oxygens (including phenoxy) is 1. The fourth-order valence-electron chi connectivity index (χ4n) is 2.51. The Balaban J connectivity index is 1.93. The number of hydrogen-bond acceptors (Lipinski definition) is 6. The highest BCUT2D eigenvalue weighted by Crippen LogP contribution is 2.30. The average Bonchev–Trinajstić information content (AvgIpc) is 3.21. The summed E-state index contributed by atoms with van der Waals surface area (Å²) in [6.45, 7) is 1.72. The monoisotopic (exact) mass is 357 g/mol. The van der Waals surface area contributed by atoms with Gasteiger partial charge in [-0.05, 0) is 19.1 Å². The van der Waals surface area contributed by atoms with Gasteiger partial charge in [0.05, 0.1) is 17.8 Å². The Morgan fingerprint density at radius 2 is 2.12 bits per heavy atom. The SMILES string of the molecule is COc1cc(-c2cc(=O)n3[nH]cc(-c4nc(C)no4)c3n2)ccc1Cl. The van der Waals surface area contributed by atoms with Crippen LogP contribution < -0.4 is 10.3 Å². The van der Waals surface area contributed by atoms with Gasteiger partial charge < -0.3 is 9.26 Å². The van der Waals surface area contributed by atoms with Crippen LogP contribution in [0, 0.1) is 6.92 Å². The van der Waals surface area contributed by atoms with Crippen molar-refractivity contribution in [2.75, 3.05) is 7.11 Å². The third-order valence-corrected chi connectivity index (χ3v) is 4.01. The molecule has 25 heavy (non-hydrogen) atoms. The Labute approximate surface area is 146 Å². The van der Waals surface area contributed by atoms with E-state index in [0.29, 0.717) is 39.1 Å². The van der Waals surface area contributed by atoms with Crippen molar-refractivity contribution in [3.63, 3.8) is 0 Å². The van der Waals surface area contributed by atoms with E-state index in [4.69, 9.17) is 20.9 Å². The number of aromatic amines is 1. The first-order valence-electron chi connectivity index (χ1n) is 7.32. The molecule has 0 radical (unpaired) electrons. The Morgan fingerprint density at radius 3 is 2.84 bits per heavy atom. The van der Waals surface area contributed by atoms with E-state index in [-0.39, 0.29) is 11.4 Å². The molecule has 0 fully saturated rings. The van der Waals surface area contributed by atoms with Crippen LogP contribution in [0.3, 0.4) is 0 Å². The first-order chi connectivity index (χ1) is 12.1. The molecular weight excluding hydrogens is 346 g/mol. The van der Waals surface area contributed by atoms with Crippen LogP contribution in [0.4, 0.5) is 0 Å². The number of methoxy groups -OCH3 is 1. The van der Waals surface area contributed by atoms with E-state index in [9.17, 15) is 4.79 Å². The average molecular weight is 358 g/mol. The van der Waals surface area contributed by atoms with Gasteiger partial charge in [0, 0.05) is 17.8 Å². The van der Waals surface area contributed by atoms with Crippen LogP contribution in [0.25, 0.3) is 28.4 Å². The van der Waals surface area contributed by atoms with Crippen molar-refractivity contribution in [3.05, 3.63) is 51.7 Å². The highest BCUT2D eigenvalue weighted by molar-refractivity contribution is 6.32. The summed E-state index contributed by atoms with van der Waals surface area (Å²) in [4.78, 5) is 21.2. The molecule has 3 heterocycles. The molecule has 0 aliphatic carbocycles. The van der Waals surface area contributed by atoms with E-state index < -0.39 is 0 Å². The molecule has 3 aromatic heterocycles. The fourth-order valence-corrected chi connectivity index (χ4v) is 2.71. The standard InChI is InChI=1S/C16H12ClN5O3/c1-8-19-16(25-21-8)10-7-18-22-14(23)6-12(20-15(10)22)9-3-4-11(17)13(5-9)24-2/h3-7,18H,1-2H3. The lowest BCUT2D eigenvalue weighted by molar-refractivity contribution is 0.415. The summed E-state index contributed by atoms with van der Waals surface area (Å²) in [5, 5.41) is 7.09. The molecule has 8 nitrogen and oxygen atoms in total. The molecule has 1 aromatic carbocycles. The van der Waals surface area contributed by atoms with Crippen molar-refractivity contribution in [3.8, 4) is 28.5 Å². The summed E-state index contributed by atoms with van der Waals surface area (Å²) >= 11 is 6.06. The zero-order valence-corrected chi connectivity index (χ0v) is 14.0. The smallest absolute Gasteiger partial charge is 0.273 e. The third-order valence-electron chi connectivity index (χ3n) is 3.70. The second kappa shape index (κ2) is 5.75. The Hall–Kier alpha value is -3.13. The number of aryl methyl sites for hydroxylation is 1. The molecule has 1 N–H and O–H groups in total. The van der Waals surface area contributed by atoms with Crippen molar-refractivity contribution >= 4 is 17.2 Å². The summed E-state index contributed by atoms with van der Waals surface area (Å²) in [7, 11) is 1.53. The molecule has 126 valence electrons. The quantitative estimate of drug-likeness (QED) is 0.605. The number of halogens is 1. The minimum absolute atomic E-state index is 0.267. The summed E-state index contributed by atoms with van der Waals surface area (Å²) in [6.07, 6.45) is 1.60. The summed E-state index contributed by atoms with van der Waals surface area (Å²) < 4.78 is 11.7. The normalized spacial score (nSPS) is 11.2. The van der Waals surface area contributed by atoms with E-state index in [1.165, 1.54) is 17.7 Å². The Kier molecular flexibility index (Phi) is 3.54. The maximum Gasteiger partial charge on any atom is 0.273 e. The van der Waals surface area contributed by atoms with Crippen LogP contribution in [0.5, 0.6) is 5.75 Å². The number of fused-ring (bicyclic) bond motifs is 1. The fraction of sp³-hybridized carbons (Fsp3) is 0.125. The van der Waals surface area contributed by atoms with Gasteiger partial charge in [-0.25, -0.2) is 9.50 Å². The van der Waals surface area contributed by atoms with Gasteiger partial charge in [-0.1, -0.05) is 22.8 Å². The van der Waals surface area contributed by atoms with Crippen LogP contribution in [-0.4, -0.2) is 31.8 Å². The topological polar surface area (TPSA) is 98.3 Å². The summed E-state index contributed by atoms with van der Waals surface area (Å²) in [5.41, 5.74) is 1.85. The first-order valence-corrected chi connectivity index (χ1v) is 7.70. The maximum absolute atomic E-state index is 12.4. The first kappa shape index (κ1) is 15.4. The third kappa shape index (κ3) is 2.56. The van der Waals surface area contributed by atoms with Crippen molar-refractivity contribution in [1.82, 2.24) is 24.7 Å². The molecule has 0 spiro atoms. The number of hydrogen-bond donors (Lipinski definition) is 1. The van der Waals surface area contributed by atoms with Gasteiger partial charge in [-0.15, -0.1) is 0 Å². The molecule has 0 aliphatic rings. The van der Waals surface area contributed by atoms with Crippen LogP contribution in [-0.2, 0) is 0 Å². The van der Waals surface area contributed by atoms with Crippen LogP contribution in [0.1, 0.15) is 5.82 Å². The number of aromatic nitrogens is 5. The van der Waals surface area contributed by atoms with E-state index in [0.717, 1.165) is 0 Å². The molecule has 0 amide bonds. The molecule has 0 bridgehead atoms. The highest BCUT2D eigenvalue weighted by Gasteiger charge is 2.16. The zero-order chi connectivity index (χ0) is 17.6. The number of rotatable bonds is 3. The highest BCUT2D eigenvalue weighted by atomic mass is 35.5. The van der Waals surface area contributed by atoms with Gasteiger partial charge in [0.15, 0.2) is 11.5 Å². The number of nitrogens with zero attached hydrogens (tertiary/aromatic N) is 4. The summed E-state index contributed by atoms with van der Waals surface area (Å²) in [6, 6.07) is 6.61. The van der Waals surface area contributed by atoms with Crippen molar-refractivity contribution in [2.45, 2.75) is 6.92 Å². The lowest BCUT2D eigenvalue weighted by Gasteiger charge is -2.06. The maximum atomic E-state index is 12.4. The van der Waals surface area contributed by atoms with Gasteiger partial charge >= 0.3 is 0 Å². The second-order valence-electron chi connectivity index (χ2n) is 5.32. The van der Waals surface area contributed by atoms with Gasteiger partial charge in [-0.2, -0.15) is 4.98 Å². The Morgan fingerprint density at radius 1 is 1.28 bits per heavy atom. The molecular formula is C16H12ClN5O3. The second-order valence-corrected chi connectivity index (χ2v) is 5.73. The predicted molar refractivity (Wildman–Crippen MR) is 90.8 cm³/mol. The lowest BCUT2D eigenvalue weighted by atomic mass is 10.1. The van der Waals surface area contributed by atoms with E-state index in [2.05, 4.69) is 20.2 Å². The minimum atomic E-state index is -0.267. The lowest BCUT2D eigenvalue weighted by Crippen LogP contribution is -2.14. The molecule has 0 saturated carbocycles. The number of H-pyrrole nitrogens is 1. The molecule has 9 heteroatoms. The van der Waals surface area contributed by atoms with Crippen LogP contribution >= 0.6 is 11.6 Å².